The molecule has 1 aromatic heterocycles. The monoisotopic (exact) mass is 259 g/mol. The molecular formula is C15H21N3O. The van der Waals surface area contributed by atoms with Crippen molar-refractivity contribution in [2.75, 3.05) is 6.61 Å². The standard InChI is InChI=1S/C15H21N3O/c1-12(2)10-18-11-16-17-15(18)7-8-19-14-6-4-5-13(3)9-14/h4-6,9,11-12H,7-8,10H2,1-3H3. The first-order chi connectivity index (χ1) is 9.15. The Hall–Kier alpha value is -1.84. The number of nitrogens with zero attached hydrogens (tertiary/aromatic N) is 3. The molecule has 1 heterocycles. The Balaban J connectivity index is 1.87. The smallest absolute Gasteiger partial charge is 0.136 e. The van der Waals surface area contributed by atoms with Gasteiger partial charge in [0.05, 0.1) is 6.61 Å². The Morgan fingerprint density at radius 3 is 2.89 bits per heavy atom. The van der Waals surface area contributed by atoms with Gasteiger partial charge in [-0.25, -0.2) is 0 Å². The second kappa shape index (κ2) is 6.36. The summed E-state index contributed by atoms with van der Waals surface area (Å²) in [6, 6.07) is 8.09. The highest BCUT2D eigenvalue weighted by Crippen LogP contribution is 2.12. The summed E-state index contributed by atoms with van der Waals surface area (Å²) in [6.45, 7) is 8.01. The van der Waals surface area contributed by atoms with Crippen LogP contribution in [0.3, 0.4) is 0 Å². The van der Waals surface area contributed by atoms with Gasteiger partial charge >= 0.3 is 0 Å². The fraction of sp³-hybridized carbons (Fsp3) is 0.467. The van der Waals surface area contributed by atoms with E-state index in [1.807, 2.05) is 18.2 Å². The summed E-state index contributed by atoms with van der Waals surface area (Å²) < 4.78 is 7.84. The van der Waals surface area contributed by atoms with Gasteiger partial charge in [0.15, 0.2) is 0 Å². The molecule has 0 aliphatic rings. The maximum atomic E-state index is 5.74. The molecule has 0 bridgehead atoms. The molecule has 0 aliphatic carbocycles. The van der Waals surface area contributed by atoms with Crippen LogP contribution >= 0.6 is 0 Å². The molecule has 0 radical (unpaired) electrons. The van der Waals surface area contributed by atoms with Crippen molar-refractivity contribution >= 4 is 0 Å². The Morgan fingerprint density at radius 1 is 1.32 bits per heavy atom. The Labute approximate surface area is 114 Å². The van der Waals surface area contributed by atoms with Gasteiger partial charge in [-0.3, -0.25) is 0 Å². The van der Waals surface area contributed by atoms with E-state index < -0.39 is 0 Å². The molecule has 2 rings (SSSR count). The molecule has 4 heteroatoms. The van der Waals surface area contributed by atoms with E-state index in [2.05, 4.69) is 41.6 Å². The molecule has 0 aliphatic heterocycles. The summed E-state index contributed by atoms with van der Waals surface area (Å²) >= 11 is 0. The van der Waals surface area contributed by atoms with Gasteiger partial charge in [-0.05, 0) is 30.5 Å². The quantitative estimate of drug-likeness (QED) is 0.801. The van der Waals surface area contributed by atoms with Crippen LogP contribution in [0.2, 0.25) is 0 Å². The van der Waals surface area contributed by atoms with Crippen molar-refractivity contribution in [1.82, 2.24) is 14.8 Å². The predicted molar refractivity (Wildman–Crippen MR) is 75.2 cm³/mol. The van der Waals surface area contributed by atoms with Crippen molar-refractivity contribution in [2.24, 2.45) is 5.92 Å². The molecule has 19 heavy (non-hydrogen) atoms. The van der Waals surface area contributed by atoms with Crippen LogP contribution in [-0.4, -0.2) is 21.4 Å². The van der Waals surface area contributed by atoms with E-state index in [0.717, 1.165) is 24.5 Å². The summed E-state index contributed by atoms with van der Waals surface area (Å²) in [5.74, 6) is 2.49. The average Bonchev–Trinajstić information content (AvgIpc) is 2.76. The molecule has 2 aromatic rings. The van der Waals surface area contributed by atoms with Crippen molar-refractivity contribution < 1.29 is 4.74 Å². The highest BCUT2D eigenvalue weighted by atomic mass is 16.5. The van der Waals surface area contributed by atoms with Crippen LogP contribution in [0.25, 0.3) is 0 Å². The predicted octanol–water partition coefficient (Wildman–Crippen LogP) is 2.86. The highest BCUT2D eigenvalue weighted by Gasteiger charge is 2.06. The summed E-state index contributed by atoms with van der Waals surface area (Å²) in [5.41, 5.74) is 1.21. The van der Waals surface area contributed by atoms with Gasteiger partial charge < -0.3 is 9.30 Å². The Bertz CT molecular complexity index is 520. The van der Waals surface area contributed by atoms with E-state index >= 15 is 0 Å². The fourth-order valence-electron chi connectivity index (χ4n) is 1.98. The van der Waals surface area contributed by atoms with Crippen LogP contribution in [0.5, 0.6) is 5.75 Å². The maximum Gasteiger partial charge on any atom is 0.136 e. The molecular weight excluding hydrogens is 238 g/mol. The molecule has 4 nitrogen and oxygen atoms in total. The van der Waals surface area contributed by atoms with E-state index in [0.29, 0.717) is 12.5 Å². The van der Waals surface area contributed by atoms with Gasteiger partial charge in [-0.15, -0.1) is 10.2 Å². The number of ether oxygens (including phenoxy) is 1. The van der Waals surface area contributed by atoms with Crippen molar-refractivity contribution in [3.05, 3.63) is 42.0 Å². The first-order valence-electron chi connectivity index (χ1n) is 6.71. The van der Waals surface area contributed by atoms with Crippen molar-refractivity contribution in [3.63, 3.8) is 0 Å². The zero-order valence-electron chi connectivity index (χ0n) is 11.8. The number of aromatic nitrogens is 3. The summed E-state index contributed by atoms with van der Waals surface area (Å²) in [5, 5.41) is 8.12. The Morgan fingerprint density at radius 2 is 2.16 bits per heavy atom. The molecule has 0 N–H and O–H groups in total. The molecule has 0 atom stereocenters. The first kappa shape index (κ1) is 13.6. The van der Waals surface area contributed by atoms with Gasteiger partial charge in [-0.2, -0.15) is 0 Å². The van der Waals surface area contributed by atoms with Crippen LogP contribution in [-0.2, 0) is 13.0 Å². The van der Waals surface area contributed by atoms with Crippen molar-refractivity contribution in [3.8, 4) is 5.75 Å². The largest absolute Gasteiger partial charge is 0.493 e. The second-order valence-electron chi connectivity index (χ2n) is 5.21. The molecule has 0 saturated heterocycles. The zero-order valence-corrected chi connectivity index (χ0v) is 11.8. The number of hydrogen-bond donors (Lipinski definition) is 0. The molecule has 102 valence electrons. The topological polar surface area (TPSA) is 39.9 Å². The normalized spacial score (nSPS) is 10.9. The van der Waals surface area contributed by atoms with Crippen LogP contribution in [0.1, 0.15) is 25.2 Å². The van der Waals surface area contributed by atoms with E-state index in [1.54, 1.807) is 6.33 Å². The molecule has 0 fully saturated rings. The summed E-state index contributed by atoms with van der Waals surface area (Å²) in [4.78, 5) is 0. The first-order valence-corrected chi connectivity index (χ1v) is 6.71. The number of rotatable bonds is 6. The summed E-state index contributed by atoms with van der Waals surface area (Å²) in [7, 11) is 0. The van der Waals surface area contributed by atoms with Gasteiger partial charge in [-0.1, -0.05) is 26.0 Å². The highest BCUT2D eigenvalue weighted by molar-refractivity contribution is 5.27. The van der Waals surface area contributed by atoms with Gasteiger partial charge in [0.1, 0.15) is 17.9 Å². The van der Waals surface area contributed by atoms with Gasteiger partial charge in [0.25, 0.3) is 0 Å². The van der Waals surface area contributed by atoms with Crippen LogP contribution in [0, 0.1) is 12.8 Å². The Kier molecular flexibility index (Phi) is 4.55. The second-order valence-corrected chi connectivity index (χ2v) is 5.21. The van der Waals surface area contributed by atoms with Crippen molar-refractivity contribution in [1.29, 1.82) is 0 Å². The average molecular weight is 259 g/mol. The fourth-order valence-corrected chi connectivity index (χ4v) is 1.98. The van der Waals surface area contributed by atoms with E-state index in [1.165, 1.54) is 5.56 Å². The minimum absolute atomic E-state index is 0.590. The minimum atomic E-state index is 0.590. The lowest BCUT2D eigenvalue weighted by Crippen LogP contribution is -2.11. The molecule has 0 amide bonds. The third kappa shape index (κ3) is 4.09. The third-order valence-corrected chi connectivity index (χ3v) is 2.84. The number of aryl methyl sites for hydroxylation is 1. The number of benzene rings is 1. The zero-order chi connectivity index (χ0) is 13.7. The molecule has 1 aromatic carbocycles. The lowest BCUT2D eigenvalue weighted by atomic mass is 10.2. The van der Waals surface area contributed by atoms with Crippen LogP contribution < -0.4 is 4.74 Å². The van der Waals surface area contributed by atoms with Gasteiger partial charge in [0, 0.05) is 13.0 Å². The molecule has 0 unspecified atom stereocenters. The van der Waals surface area contributed by atoms with E-state index in [9.17, 15) is 0 Å². The number of hydrogen-bond acceptors (Lipinski definition) is 3. The van der Waals surface area contributed by atoms with E-state index in [-0.39, 0.29) is 0 Å². The SMILES string of the molecule is Cc1cccc(OCCc2nncn2CC(C)C)c1. The maximum absolute atomic E-state index is 5.74. The van der Waals surface area contributed by atoms with Crippen LogP contribution in [0.15, 0.2) is 30.6 Å². The molecule has 0 saturated carbocycles. The third-order valence-electron chi connectivity index (χ3n) is 2.84. The lowest BCUT2D eigenvalue weighted by molar-refractivity contribution is 0.315. The lowest BCUT2D eigenvalue weighted by Gasteiger charge is -2.10. The molecule has 0 spiro atoms. The minimum Gasteiger partial charge on any atom is -0.493 e. The van der Waals surface area contributed by atoms with E-state index in [4.69, 9.17) is 4.74 Å². The van der Waals surface area contributed by atoms with Crippen LogP contribution in [0.4, 0.5) is 0 Å². The van der Waals surface area contributed by atoms with Gasteiger partial charge in [0.2, 0.25) is 0 Å². The summed E-state index contributed by atoms with van der Waals surface area (Å²) in [6.07, 6.45) is 2.57. The van der Waals surface area contributed by atoms with Crippen molar-refractivity contribution in [2.45, 2.75) is 33.7 Å².